The van der Waals surface area contributed by atoms with E-state index in [-0.39, 0.29) is 0 Å². The number of aryl methyl sites for hydroxylation is 1. The molecule has 0 fully saturated rings. The number of ether oxygens (including phenoxy) is 1. The van der Waals surface area contributed by atoms with Gasteiger partial charge in [0.25, 0.3) is 0 Å². The third-order valence-corrected chi connectivity index (χ3v) is 3.97. The fourth-order valence-corrected chi connectivity index (χ4v) is 2.77. The number of rotatable bonds is 2. The number of para-hydroxylation sites is 2. The van der Waals surface area contributed by atoms with Gasteiger partial charge < -0.3 is 4.74 Å². The van der Waals surface area contributed by atoms with Crippen LogP contribution >= 0.6 is 0 Å². The Morgan fingerprint density at radius 1 is 0.750 bits per heavy atom. The van der Waals surface area contributed by atoms with Crippen molar-refractivity contribution in [2.24, 2.45) is 4.99 Å². The van der Waals surface area contributed by atoms with Gasteiger partial charge in [0.1, 0.15) is 11.4 Å². The number of allylic oxidation sites excluding steroid dienone is 1. The fourth-order valence-electron chi connectivity index (χ4n) is 2.77. The molecule has 0 amide bonds. The smallest absolute Gasteiger partial charge is 0.153 e. The third kappa shape index (κ3) is 2.86. The van der Waals surface area contributed by atoms with Crippen molar-refractivity contribution in [2.75, 3.05) is 0 Å². The summed E-state index contributed by atoms with van der Waals surface area (Å²) < 4.78 is 6.17. The molecule has 0 saturated carbocycles. The quantitative estimate of drug-likeness (QED) is 0.608. The van der Waals surface area contributed by atoms with Crippen LogP contribution in [0.2, 0.25) is 0 Å². The maximum absolute atomic E-state index is 6.17. The lowest BCUT2D eigenvalue weighted by Gasteiger charge is -2.09. The molecule has 116 valence electrons. The molecule has 0 aromatic heterocycles. The summed E-state index contributed by atoms with van der Waals surface area (Å²) in [5.41, 5.74) is 5.08. The van der Waals surface area contributed by atoms with E-state index >= 15 is 0 Å². The maximum atomic E-state index is 6.17. The molecule has 0 radical (unpaired) electrons. The molecule has 3 aromatic carbocycles. The topological polar surface area (TPSA) is 21.6 Å². The molecule has 1 heterocycles. The van der Waals surface area contributed by atoms with Crippen LogP contribution in [0.5, 0.6) is 5.75 Å². The second-order valence-electron chi connectivity index (χ2n) is 5.81. The molecule has 4 rings (SSSR count). The molecule has 24 heavy (non-hydrogen) atoms. The largest absolute Gasteiger partial charge is 0.454 e. The number of benzene rings is 3. The highest BCUT2D eigenvalue weighted by molar-refractivity contribution is 6.13. The van der Waals surface area contributed by atoms with Crippen molar-refractivity contribution in [1.82, 2.24) is 0 Å². The molecule has 0 atom stereocenters. The summed E-state index contributed by atoms with van der Waals surface area (Å²) in [6.45, 7) is 2.09. The van der Waals surface area contributed by atoms with E-state index < -0.39 is 0 Å². The van der Waals surface area contributed by atoms with Crippen LogP contribution in [0.25, 0.3) is 5.76 Å². The van der Waals surface area contributed by atoms with E-state index in [9.17, 15) is 0 Å². The molecule has 1 aliphatic rings. The zero-order chi connectivity index (χ0) is 16.4. The number of aliphatic imine (C=N–C) groups is 1. The molecular weight excluding hydrogens is 294 g/mol. The molecule has 1 aliphatic heterocycles. The van der Waals surface area contributed by atoms with Gasteiger partial charge in [-0.2, -0.15) is 0 Å². The zero-order valence-corrected chi connectivity index (χ0v) is 13.4. The molecule has 3 aromatic rings. The van der Waals surface area contributed by atoms with Crippen LogP contribution in [0.1, 0.15) is 16.7 Å². The standard InChI is InChI=1S/C22H17NO/c1-16-8-7-11-18(14-16)20-15-22(17-9-3-2-4-10-17)24-21-13-6-5-12-19(21)23-20/h2-15H,1H3. The Morgan fingerprint density at radius 2 is 1.50 bits per heavy atom. The van der Waals surface area contributed by atoms with Gasteiger partial charge in [-0.1, -0.05) is 66.2 Å². The summed E-state index contributed by atoms with van der Waals surface area (Å²) in [5.74, 6) is 1.58. The lowest BCUT2D eigenvalue weighted by Crippen LogP contribution is -2.00. The Labute approximate surface area is 141 Å². The molecule has 0 unspecified atom stereocenters. The van der Waals surface area contributed by atoms with Gasteiger partial charge in [0.15, 0.2) is 5.75 Å². The fraction of sp³-hybridized carbons (Fsp3) is 0.0455. The highest BCUT2D eigenvalue weighted by Gasteiger charge is 2.15. The second-order valence-corrected chi connectivity index (χ2v) is 5.81. The number of hydrogen-bond acceptors (Lipinski definition) is 2. The lowest BCUT2D eigenvalue weighted by molar-refractivity contribution is 0.518. The summed E-state index contributed by atoms with van der Waals surface area (Å²) in [4.78, 5) is 4.84. The normalized spacial score (nSPS) is 13.2. The number of nitrogens with zero attached hydrogens (tertiary/aromatic N) is 1. The van der Waals surface area contributed by atoms with E-state index in [1.165, 1.54) is 5.56 Å². The Morgan fingerprint density at radius 3 is 2.33 bits per heavy atom. The highest BCUT2D eigenvalue weighted by Crippen LogP contribution is 2.34. The van der Waals surface area contributed by atoms with Gasteiger partial charge in [0, 0.05) is 17.2 Å². The first-order valence-corrected chi connectivity index (χ1v) is 7.99. The highest BCUT2D eigenvalue weighted by atomic mass is 16.5. The second kappa shape index (κ2) is 6.17. The first-order valence-electron chi connectivity index (χ1n) is 7.99. The summed E-state index contributed by atoms with van der Waals surface area (Å²) in [6, 6.07) is 26.4. The van der Waals surface area contributed by atoms with E-state index in [1.54, 1.807) is 0 Å². The van der Waals surface area contributed by atoms with Crippen molar-refractivity contribution in [3.8, 4) is 5.75 Å². The summed E-state index contributed by atoms with van der Waals surface area (Å²) >= 11 is 0. The van der Waals surface area contributed by atoms with Crippen LogP contribution < -0.4 is 4.74 Å². The van der Waals surface area contributed by atoms with Gasteiger partial charge >= 0.3 is 0 Å². The van der Waals surface area contributed by atoms with E-state index in [0.29, 0.717) is 0 Å². The van der Waals surface area contributed by atoms with Gasteiger partial charge in [0.05, 0.1) is 5.71 Å². The molecule has 0 aliphatic carbocycles. The van der Waals surface area contributed by atoms with Gasteiger partial charge in [-0.15, -0.1) is 0 Å². The Balaban J connectivity index is 1.90. The summed E-state index contributed by atoms with van der Waals surface area (Å²) in [5, 5.41) is 0. The minimum atomic E-state index is 0.773. The molecule has 0 N–H and O–H groups in total. The minimum Gasteiger partial charge on any atom is -0.454 e. The SMILES string of the molecule is Cc1cccc(C2=Nc3ccccc3OC(c3ccccc3)=C2)c1. The Hall–Kier alpha value is -3.13. The summed E-state index contributed by atoms with van der Waals surface area (Å²) in [7, 11) is 0. The first kappa shape index (κ1) is 14.5. The van der Waals surface area contributed by atoms with Crippen LogP contribution in [-0.2, 0) is 0 Å². The van der Waals surface area contributed by atoms with Crippen LogP contribution in [0.15, 0.2) is 89.9 Å². The van der Waals surface area contributed by atoms with Crippen molar-refractivity contribution >= 4 is 17.2 Å². The van der Waals surface area contributed by atoms with Gasteiger partial charge in [-0.05, 0) is 25.1 Å². The predicted molar refractivity (Wildman–Crippen MR) is 98.9 cm³/mol. The average molecular weight is 311 g/mol. The maximum Gasteiger partial charge on any atom is 0.153 e. The van der Waals surface area contributed by atoms with Crippen LogP contribution in [0.4, 0.5) is 5.69 Å². The van der Waals surface area contributed by atoms with E-state index in [2.05, 4.69) is 31.2 Å². The average Bonchev–Trinajstić information content (AvgIpc) is 2.82. The molecular formula is C22H17NO. The van der Waals surface area contributed by atoms with E-state index in [0.717, 1.165) is 34.0 Å². The Bertz CT molecular complexity index is 939. The van der Waals surface area contributed by atoms with Gasteiger partial charge in [0.2, 0.25) is 0 Å². The van der Waals surface area contributed by atoms with E-state index in [1.807, 2.05) is 60.7 Å². The first-order chi connectivity index (χ1) is 11.8. The monoisotopic (exact) mass is 311 g/mol. The van der Waals surface area contributed by atoms with Crippen molar-refractivity contribution < 1.29 is 4.74 Å². The van der Waals surface area contributed by atoms with Gasteiger partial charge in [-0.25, -0.2) is 4.99 Å². The summed E-state index contributed by atoms with van der Waals surface area (Å²) in [6.07, 6.45) is 2.02. The number of hydrogen-bond donors (Lipinski definition) is 0. The van der Waals surface area contributed by atoms with E-state index in [4.69, 9.17) is 9.73 Å². The van der Waals surface area contributed by atoms with Crippen molar-refractivity contribution in [3.63, 3.8) is 0 Å². The van der Waals surface area contributed by atoms with Crippen LogP contribution in [-0.4, -0.2) is 5.71 Å². The predicted octanol–water partition coefficient (Wildman–Crippen LogP) is 5.55. The molecule has 2 nitrogen and oxygen atoms in total. The molecule has 0 spiro atoms. The van der Waals surface area contributed by atoms with Gasteiger partial charge in [-0.3, -0.25) is 0 Å². The van der Waals surface area contributed by atoms with Crippen molar-refractivity contribution in [2.45, 2.75) is 6.92 Å². The third-order valence-electron chi connectivity index (χ3n) is 3.97. The van der Waals surface area contributed by atoms with Crippen molar-refractivity contribution in [3.05, 3.63) is 102 Å². The molecule has 0 bridgehead atoms. The Kier molecular flexibility index (Phi) is 3.72. The minimum absolute atomic E-state index is 0.773. The molecule has 0 saturated heterocycles. The van der Waals surface area contributed by atoms with Crippen LogP contribution in [0, 0.1) is 6.92 Å². The number of fused-ring (bicyclic) bond motifs is 1. The van der Waals surface area contributed by atoms with Crippen molar-refractivity contribution in [1.29, 1.82) is 0 Å². The van der Waals surface area contributed by atoms with Crippen LogP contribution in [0.3, 0.4) is 0 Å². The zero-order valence-electron chi connectivity index (χ0n) is 13.4. The molecule has 2 heteroatoms. The lowest BCUT2D eigenvalue weighted by atomic mass is 10.0.